The number of nitrogens with zero attached hydrogens (tertiary/aromatic N) is 1. The Morgan fingerprint density at radius 3 is 2.09 bits per heavy atom. The minimum absolute atomic E-state index is 0.0144. The zero-order valence-electron chi connectivity index (χ0n) is 17.9. The molecule has 10 heteroatoms. The van der Waals surface area contributed by atoms with E-state index in [1.807, 2.05) is 24.3 Å². The van der Waals surface area contributed by atoms with Crippen molar-refractivity contribution in [1.29, 1.82) is 0 Å². The van der Waals surface area contributed by atoms with E-state index in [0.717, 1.165) is 16.0 Å². The molecule has 1 heterocycles. The fourth-order valence-corrected chi connectivity index (χ4v) is 4.39. The van der Waals surface area contributed by atoms with Gasteiger partial charge < -0.3 is 10.1 Å². The van der Waals surface area contributed by atoms with E-state index in [1.54, 1.807) is 30.3 Å². The predicted molar refractivity (Wildman–Crippen MR) is 125 cm³/mol. The van der Waals surface area contributed by atoms with E-state index in [9.17, 15) is 27.6 Å². The van der Waals surface area contributed by atoms with Gasteiger partial charge in [-0.1, -0.05) is 48.2 Å². The number of nitrogens with one attached hydrogen (secondary N) is 1. The van der Waals surface area contributed by atoms with Crippen LogP contribution in [0.1, 0.15) is 10.4 Å². The molecule has 0 fully saturated rings. The maximum atomic E-state index is 13.2. The Morgan fingerprint density at radius 1 is 0.886 bits per heavy atom. The molecule has 178 valence electrons. The number of anilines is 3. The lowest BCUT2D eigenvalue weighted by Crippen LogP contribution is -2.32. The van der Waals surface area contributed by atoms with Crippen LogP contribution in [0.15, 0.2) is 94.9 Å². The van der Waals surface area contributed by atoms with Crippen molar-refractivity contribution < 1.29 is 32.3 Å². The van der Waals surface area contributed by atoms with Crippen LogP contribution in [0, 0.1) is 0 Å². The first kappa shape index (κ1) is 24.1. The molecule has 1 aliphatic rings. The fourth-order valence-electron chi connectivity index (χ4n) is 3.33. The van der Waals surface area contributed by atoms with E-state index in [4.69, 9.17) is 4.74 Å². The number of allylic oxidation sites excluding steroid dienone is 1. The molecule has 3 aromatic carbocycles. The van der Waals surface area contributed by atoms with Gasteiger partial charge in [0.2, 0.25) is 0 Å². The van der Waals surface area contributed by atoms with Crippen molar-refractivity contribution in [3.05, 3.63) is 90.6 Å². The normalized spacial score (nSPS) is 12.6. The van der Waals surface area contributed by atoms with Gasteiger partial charge >= 0.3 is 12.1 Å². The number of esters is 1. The topological polar surface area (TPSA) is 75.7 Å². The molecule has 0 saturated carbocycles. The molecule has 35 heavy (non-hydrogen) atoms. The molecule has 1 N–H and O–H groups in total. The quantitative estimate of drug-likeness (QED) is 0.346. The molecular formula is C25H17F3N2O4S. The summed E-state index contributed by atoms with van der Waals surface area (Å²) in [6, 6.07) is 20.6. The smallest absolute Gasteiger partial charge is 0.452 e. The van der Waals surface area contributed by atoms with Gasteiger partial charge in [-0.05, 0) is 36.4 Å². The van der Waals surface area contributed by atoms with Crippen molar-refractivity contribution in [2.75, 3.05) is 16.8 Å². The number of alkyl halides is 3. The Labute approximate surface area is 202 Å². The minimum Gasteiger partial charge on any atom is -0.452 e. The summed E-state index contributed by atoms with van der Waals surface area (Å²) in [6.07, 6.45) is -3.90. The number of hydrogen-bond donors (Lipinski definition) is 1. The number of ether oxygens (including phenoxy) is 1. The van der Waals surface area contributed by atoms with E-state index in [-0.39, 0.29) is 11.3 Å². The zero-order valence-corrected chi connectivity index (χ0v) is 18.7. The number of carbonyl (C=O) groups is 3. The third-order valence-corrected chi connectivity index (χ3v) is 6.04. The second kappa shape index (κ2) is 10.1. The molecule has 4 rings (SSSR count). The van der Waals surface area contributed by atoms with Crippen molar-refractivity contribution in [3.8, 4) is 0 Å². The van der Waals surface area contributed by atoms with Crippen LogP contribution < -0.4 is 10.2 Å². The minimum atomic E-state index is -5.00. The first-order valence-electron chi connectivity index (χ1n) is 10.2. The zero-order chi connectivity index (χ0) is 25.0. The van der Waals surface area contributed by atoms with Crippen molar-refractivity contribution >= 4 is 46.5 Å². The number of halogens is 3. The van der Waals surface area contributed by atoms with E-state index < -0.39 is 30.4 Å². The summed E-state index contributed by atoms with van der Waals surface area (Å²) in [4.78, 5) is 40.1. The van der Waals surface area contributed by atoms with Crippen LogP contribution >= 0.6 is 11.8 Å². The Kier molecular flexibility index (Phi) is 6.92. The van der Waals surface area contributed by atoms with E-state index in [0.29, 0.717) is 17.5 Å². The molecule has 6 nitrogen and oxygen atoms in total. The van der Waals surface area contributed by atoms with Gasteiger partial charge in [-0.2, -0.15) is 13.2 Å². The molecule has 0 bridgehead atoms. The van der Waals surface area contributed by atoms with Crippen LogP contribution in [-0.2, 0) is 14.3 Å². The highest BCUT2D eigenvalue weighted by atomic mass is 32.2. The number of benzene rings is 3. The second-order valence-corrected chi connectivity index (χ2v) is 8.31. The first-order chi connectivity index (χ1) is 16.8. The number of para-hydroxylation sites is 3. The third-order valence-electron chi connectivity index (χ3n) is 4.91. The molecule has 0 spiro atoms. The fraction of sp³-hybridized carbons (Fsp3) is 0.0800. The van der Waals surface area contributed by atoms with Crippen LogP contribution in [-0.4, -0.2) is 30.4 Å². The van der Waals surface area contributed by atoms with Gasteiger partial charge in [-0.25, -0.2) is 4.79 Å². The van der Waals surface area contributed by atoms with Gasteiger partial charge in [-0.3, -0.25) is 14.5 Å². The highest BCUT2D eigenvalue weighted by Crippen LogP contribution is 2.47. The van der Waals surface area contributed by atoms with Gasteiger partial charge in [-0.15, -0.1) is 0 Å². The van der Waals surface area contributed by atoms with Crippen molar-refractivity contribution in [1.82, 2.24) is 0 Å². The van der Waals surface area contributed by atoms with Gasteiger partial charge in [0.25, 0.3) is 11.7 Å². The standard InChI is InChI=1S/C25H17F3N2O4S/c26-25(27,28)22(31)13-14-29-17-8-2-1-7-16(17)24(33)34-15-23(32)30-18-9-3-5-11-20(18)35-21-12-6-4-10-19(21)30/h1-14,29H,15H2. The van der Waals surface area contributed by atoms with Crippen LogP contribution in [0.4, 0.5) is 30.2 Å². The molecule has 3 aromatic rings. The number of fused-ring (bicyclic) bond motifs is 2. The molecule has 0 aliphatic carbocycles. The average Bonchev–Trinajstić information content (AvgIpc) is 2.85. The lowest BCUT2D eigenvalue weighted by Gasteiger charge is -2.30. The van der Waals surface area contributed by atoms with Gasteiger partial charge in [0.1, 0.15) is 0 Å². The van der Waals surface area contributed by atoms with Crippen LogP contribution in [0.5, 0.6) is 0 Å². The van der Waals surface area contributed by atoms with Crippen molar-refractivity contribution in [2.45, 2.75) is 16.0 Å². The number of amides is 1. The number of hydrogen-bond acceptors (Lipinski definition) is 6. The first-order valence-corrected chi connectivity index (χ1v) is 11.1. The summed E-state index contributed by atoms with van der Waals surface area (Å²) < 4.78 is 42.3. The monoisotopic (exact) mass is 498 g/mol. The summed E-state index contributed by atoms with van der Waals surface area (Å²) in [7, 11) is 0. The Bertz CT molecular complexity index is 1280. The molecule has 0 radical (unpaired) electrons. The Balaban J connectivity index is 1.48. The molecular weight excluding hydrogens is 481 g/mol. The maximum Gasteiger partial charge on any atom is 0.454 e. The Hall–Kier alpha value is -4.05. The van der Waals surface area contributed by atoms with Gasteiger partial charge in [0, 0.05) is 22.1 Å². The molecule has 0 unspecified atom stereocenters. The highest BCUT2D eigenvalue weighted by Gasteiger charge is 2.36. The molecule has 0 atom stereocenters. The predicted octanol–water partition coefficient (Wildman–Crippen LogP) is 5.73. The average molecular weight is 498 g/mol. The summed E-state index contributed by atoms with van der Waals surface area (Å²) in [6.45, 7) is -0.567. The lowest BCUT2D eigenvalue weighted by atomic mass is 10.2. The molecule has 1 amide bonds. The summed E-state index contributed by atoms with van der Waals surface area (Å²) in [5.74, 6) is -3.37. The molecule has 0 saturated heterocycles. The molecule has 0 aromatic heterocycles. The number of rotatable bonds is 6. The Morgan fingerprint density at radius 2 is 1.46 bits per heavy atom. The maximum absolute atomic E-state index is 13.2. The molecule has 1 aliphatic heterocycles. The van der Waals surface area contributed by atoms with Crippen LogP contribution in [0.3, 0.4) is 0 Å². The van der Waals surface area contributed by atoms with E-state index in [2.05, 4.69) is 5.32 Å². The number of carbonyl (C=O) groups excluding carboxylic acids is 3. The van der Waals surface area contributed by atoms with Crippen molar-refractivity contribution in [2.24, 2.45) is 0 Å². The SMILES string of the molecule is O=C(OCC(=O)N1c2ccccc2Sc2ccccc21)c1ccccc1NC=CC(=O)C(F)(F)F. The van der Waals surface area contributed by atoms with Crippen LogP contribution in [0.2, 0.25) is 0 Å². The van der Waals surface area contributed by atoms with Gasteiger partial charge in [0.15, 0.2) is 6.61 Å². The highest BCUT2D eigenvalue weighted by molar-refractivity contribution is 7.99. The summed E-state index contributed by atoms with van der Waals surface area (Å²) in [5, 5.41) is 2.47. The largest absolute Gasteiger partial charge is 0.454 e. The van der Waals surface area contributed by atoms with Crippen molar-refractivity contribution in [3.63, 3.8) is 0 Å². The van der Waals surface area contributed by atoms with E-state index in [1.165, 1.54) is 34.9 Å². The lowest BCUT2D eigenvalue weighted by molar-refractivity contribution is -0.165. The van der Waals surface area contributed by atoms with Gasteiger partial charge in [0.05, 0.1) is 22.6 Å². The third kappa shape index (κ3) is 5.38. The summed E-state index contributed by atoms with van der Waals surface area (Å²) in [5.41, 5.74) is 1.43. The summed E-state index contributed by atoms with van der Waals surface area (Å²) >= 11 is 1.53. The second-order valence-electron chi connectivity index (χ2n) is 7.23. The van der Waals surface area contributed by atoms with E-state index >= 15 is 0 Å². The van der Waals surface area contributed by atoms with Crippen LogP contribution in [0.25, 0.3) is 0 Å². The number of ketones is 1.